The Bertz CT molecular complexity index is 1110. The van der Waals surface area contributed by atoms with E-state index in [0.717, 1.165) is 22.3 Å². The molecule has 6 heteroatoms. The molecule has 0 N–H and O–H groups in total. The van der Waals surface area contributed by atoms with Gasteiger partial charge in [-0.25, -0.2) is 0 Å². The maximum atomic E-state index is 11.9. The van der Waals surface area contributed by atoms with Gasteiger partial charge in [0.25, 0.3) is 0 Å². The summed E-state index contributed by atoms with van der Waals surface area (Å²) >= 11 is 0. The van der Waals surface area contributed by atoms with Crippen LogP contribution in [-0.4, -0.2) is 15.0 Å². The van der Waals surface area contributed by atoms with E-state index in [1.165, 1.54) is 0 Å². The second kappa shape index (κ2) is 24.3. The summed E-state index contributed by atoms with van der Waals surface area (Å²) in [7, 11) is 0. The van der Waals surface area contributed by atoms with E-state index in [2.05, 4.69) is 70.3 Å². The first-order valence-electron chi connectivity index (χ1n) is 15.2. The molecule has 0 spiro atoms. The van der Waals surface area contributed by atoms with Crippen LogP contribution in [0.5, 0.6) is 11.5 Å². The molecule has 0 aliphatic heterocycles. The summed E-state index contributed by atoms with van der Waals surface area (Å²) in [4.78, 5) is 11.4. The molecule has 0 fully saturated rings. The quantitative estimate of drug-likeness (QED) is 0.182. The van der Waals surface area contributed by atoms with Gasteiger partial charge in [0.05, 0.1) is 0 Å². The molecule has 0 unspecified atom stereocenters. The molecule has 5 nitrogen and oxygen atoms in total. The van der Waals surface area contributed by atoms with E-state index in [-0.39, 0.29) is 28.6 Å². The normalized spacial score (nSPS) is 9.69. The zero-order valence-electron chi connectivity index (χ0n) is 27.9. The van der Waals surface area contributed by atoms with Crippen LogP contribution in [0.3, 0.4) is 0 Å². The van der Waals surface area contributed by atoms with Gasteiger partial charge in [-0.15, -0.1) is 11.5 Å². The monoisotopic (exact) mass is 647 g/mol. The Hall–Kier alpha value is -3.99. The molecule has 2 aromatic carbocycles. The van der Waals surface area contributed by atoms with Crippen molar-refractivity contribution in [3.63, 3.8) is 0 Å². The van der Waals surface area contributed by atoms with Crippen molar-refractivity contribution in [3.8, 4) is 11.5 Å². The molecule has 5 rings (SSSR count). The summed E-state index contributed by atoms with van der Waals surface area (Å²) in [5, 5.41) is 23.7. The summed E-state index contributed by atoms with van der Waals surface area (Å²) in [5.74, 6) is 1.76. The van der Waals surface area contributed by atoms with Crippen LogP contribution in [-0.2, 0) is 17.1 Å². The Morgan fingerprint density at radius 2 is 0.556 bits per heavy atom. The predicted octanol–water partition coefficient (Wildman–Crippen LogP) is 9.26. The number of aromatic nitrogens is 3. The first kappa shape index (κ1) is 41.0. The van der Waals surface area contributed by atoms with Gasteiger partial charge in [0.2, 0.25) is 0 Å². The Morgan fingerprint density at radius 1 is 0.356 bits per heavy atom. The summed E-state index contributed by atoms with van der Waals surface area (Å²) in [6.45, 7) is 16.5. The SMILES string of the molecule is CC(C)c1cccc(C(C)C)c1[O-].CC(C)c1cccc(C(C)C)c1[O-].[Fe+2].c1ccncc1.c1ccncc1.c1ccncc1. The van der Waals surface area contributed by atoms with Crippen LogP contribution in [0, 0.1) is 0 Å². The van der Waals surface area contributed by atoms with Crippen molar-refractivity contribution in [1.82, 2.24) is 15.0 Å². The van der Waals surface area contributed by atoms with E-state index in [1.54, 1.807) is 37.2 Å². The molecule has 240 valence electrons. The van der Waals surface area contributed by atoms with Gasteiger partial charge in [-0.3, -0.25) is 15.0 Å². The molecular weight excluding hydrogens is 598 g/mol. The Morgan fingerprint density at radius 3 is 0.667 bits per heavy atom. The molecule has 0 saturated carbocycles. The van der Waals surface area contributed by atoms with Crippen molar-refractivity contribution < 1.29 is 27.3 Å². The number of benzene rings is 2. The summed E-state index contributed by atoms with van der Waals surface area (Å²) < 4.78 is 0. The average Bonchev–Trinajstić information content (AvgIpc) is 3.04. The number of para-hydroxylation sites is 2. The summed E-state index contributed by atoms with van der Waals surface area (Å²) in [6.07, 6.45) is 10.5. The molecule has 0 bridgehead atoms. The van der Waals surface area contributed by atoms with E-state index in [9.17, 15) is 10.2 Å². The molecule has 5 aromatic rings. The van der Waals surface area contributed by atoms with Crippen molar-refractivity contribution >= 4 is 0 Å². The van der Waals surface area contributed by atoms with Crippen molar-refractivity contribution in [3.05, 3.63) is 150 Å². The van der Waals surface area contributed by atoms with Gasteiger partial charge >= 0.3 is 17.1 Å². The Labute approximate surface area is 282 Å². The third kappa shape index (κ3) is 17.2. The number of pyridine rings is 3. The van der Waals surface area contributed by atoms with Crippen molar-refractivity contribution in [1.29, 1.82) is 0 Å². The van der Waals surface area contributed by atoms with Gasteiger partial charge in [0, 0.05) is 37.2 Å². The second-order valence-electron chi connectivity index (χ2n) is 11.2. The number of hydrogen-bond donors (Lipinski definition) is 0. The minimum atomic E-state index is 0. The fraction of sp³-hybridized carbons (Fsp3) is 0.308. The second-order valence-corrected chi connectivity index (χ2v) is 11.2. The molecule has 45 heavy (non-hydrogen) atoms. The number of hydrogen-bond acceptors (Lipinski definition) is 5. The molecule has 0 atom stereocenters. The third-order valence-corrected chi connectivity index (χ3v) is 6.34. The standard InChI is InChI=1S/2C12H18O.3C5H5N.Fe/c2*1-8(2)10-6-5-7-11(9(3)4)12(10)13;3*1-2-4-6-5-3-1;/h2*5-9,13H,1-4H3;3*1-5H;/q;;;;;+2/p-2. The fourth-order valence-electron chi connectivity index (χ4n) is 3.90. The van der Waals surface area contributed by atoms with Gasteiger partial charge < -0.3 is 10.2 Å². The van der Waals surface area contributed by atoms with E-state index in [0.29, 0.717) is 23.7 Å². The molecule has 3 heterocycles. The third-order valence-electron chi connectivity index (χ3n) is 6.34. The van der Waals surface area contributed by atoms with Crippen LogP contribution < -0.4 is 10.2 Å². The maximum Gasteiger partial charge on any atom is 2.00 e. The van der Waals surface area contributed by atoms with Crippen LogP contribution in [0.2, 0.25) is 0 Å². The van der Waals surface area contributed by atoms with Crippen LogP contribution in [0.15, 0.2) is 128 Å². The van der Waals surface area contributed by atoms with Crippen molar-refractivity contribution in [2.45, 2.75) is 79.1 Å². The van der Waals surface area contributed by atoms with Crippen molar-refractivity contribution in [2.75, 3.05) is 0 Å². The predicted molar refractivity (Wildman–Crippen MR) is 181 cm³/mol. The zero-order valence-corrected chi connectivity index (χ0v) is 29.0. The van der Waals surface area contributed by atoms with Gasteiger partial charge in [-0.05, 0) is 60.1 Å². The van der Waals surface area contributed by atoms with E-state index >= 15 is 0 Å². The molecule has 0 aliphatic rings. The summed E-state index contributed by atoms with van der Waals surface area (Å²) in [5.41, 5.74) is 3.75. The zero-order chi connectivity index (χ0) is 32.7. The number of rotatable bonds is 4. The number of nitrogens with zero attached hydrogens (tertiary/aromatic N) is 3. The maximum absolute atomic E-state index is 11.9. The smallest absolute Gasteiger partial charge is 0.872 e. The van der Waals surface area contributed by atoms with Crippen LogP contribution in [0.1, 0.15) is 101 Å². The molecule has 0 radical (unpaired) electrons. The molecule has 0 amide bonds. The first-order chi connectivity index (χ1) is 21.1. The van der Waals surface area contributed by atoms with Crippen molar-refractivity contribution in [2.24, 2.45) is 0 Å². The topological polar surface area (TPSA) is 84.8 Å². The van der Waals surface area contributed by atoms with Gasteiger partial charge in [0.15, 0.2) is 0 Å². The van der Waals surface area contributed by atoms with Crippen LogP contribution in [0.25, 0.3) is 0 Å². The summed E-state index contributed by atoms with van der Waals surface area (Å²) in [6, 6.07) is 28.8. The Balaban J connectivity index is 0.000000561. The molecule has 0 saturated heterocycles. The van der Waals surface area contributed by atoms with E-state index in [4.69, 9.17) is 0 Å². The van der Waals surface area contributed by atoms with E-state index in [1.807, 2.05) is 91.0 Å². The van der Waals surface area contributed by atoms with E-state index < -0.39 is 0 Å². The van der Waals surface area contributed by atoms with Crippen LogP contribution in [0.4, 0.5) is 0 Å². The first-order valence-corrected chi connectivity index (χ1v) is 15.2. The molecule has 0 aliphatic carbocycles. The minimum Gasteiger partial charge on any atom is -0.872 e. The minimum absolute atomic E-state index is 0. The Kier molecular flexibility index (Phi) is 22.2. The largest absolute Gasteiger partial charge is 2.00 e. The van der Waals surface area contributed by atoms with Gasteiger partial charge in [-0.1, -0.05) is 132 Å². The molecular formula is C39H49FeN3O2. The van der Waals surface area contributed by atoms with Gasteiger partial charge in [-0.2, -0.15) is 0 Å². The fourth-order valence-corrected chi connectivity index (χ4v) is 3.90. The average molecular weight is 648 g/mol. The van der Waals surface area contributed by atoms with Crippen LogP contribution >= 0.6 is 0 Å². The van der Waals surface area contributed by atoms with Gasteiger partial charge in [0.1, 0.15) is 0 Å². The molecule has 3 aromatic heterocycles.